The van der Waals surface area contributed by atoms with Crippen molar-refractivity contribution in [3.05, 3.63) is 34.9 Å². The Balaban J connectivity index is 2.09. The summed E-state index contributed by atoms with van der Waals surface area (Å²) in [4.78, 5) is 27.1. The van der Waals surface area contributed by atoms with E-state index in [1.807, 2.05) is 30.5 Å². The molecule has 23 heavy (non-hydrogen) atoms. The van der Waals surface area contributed by atoms with Crippen LogP contribution in [0.5, 0.6) is 0 Å². The average molecular weight is 355 g/mol. The summed E-state index contributed by atoms with van der Waals surface area (Å²) < 4.78 is 0. The number of rotatable bonds is 5. The molecule has 0 bridgehead atoms. The third-order valence-corrected chi connectivity index (χ3v) is 5.39. The molecule has 1 fully saturated rings. The zero-order valence-electron chi connectivity index (χ0n) is 13.5. The maximum absolute atomic E-state index is 12.8. The summed E-state index contributed by atoms with van der Waals surface area (Å²) in [6.07, 6.45) is 0.833. The van der Waals surface area contributed by atoms with E-state index >= 15 is 0 Å². The number of hydrogen-bond donors (Lipinski definition) is 1. The lowest BCUT2D eigenvalue weighted by Gasteiger charge is -2.32. The van der Waals surface area contributed by atoms with Crippen LogP contribution in [0.2, 0.25) is 5.02 Å². The van der Waals surface area contributed by atoms with Gasteiger partial charge in [-0.25, -0.2) is 0 Å². The van der Waals surface area contributed by atoms with Crippen molar-refractivity contribution in [3.63, 3.8) is 0 Å². The Hall–Kier alpha value is -1.20. The highest BCUT2D eigenvalue weighted by Crippen LogP contribution is 2.16. The number of carbonyl (C=O) groups is 2. The summed E-state index contributed by atoms with van der Waals surface area (Å²) in [6, 6.07) is 6.23. The minimum atomic E-state index is -0.480. The second kappa shape index (κ2) is 8.60. The quantitative estimate of drug-likeness (QED) is 0.884. The van der Waals surface area contributed by atoms with Gasteiger partial charge in [-0.2, -0.15) is 11.8 Å². The highest BCUT2D eigenvalue weighted by atomic mass is 35.5. The van der Waals surface area contributed by atoms with E-state index in [1.54, 1.807) is 24.3 Å². The smallest absolute Gasteiger partial charge is 0.251 e. The summed E-state index contributed by atoms with van der Waals surface area (Å²) in [6.45, 7) is 5.55. The second-order valence-electron chi connectivity index (χ2n) is 5.78. The highest BCUT2D eigenvalue weighted by Gasteiger charge is 2.30. The number of nitrogens with one attached hydrogen (secondary N) is 1. The third-order valence-electron chi connectivity index (χ3n) is 4.19. The average Bonchev–Trinajstić information content (AvgIpc) is 2.59. The van der Waals surface area contributed by atoms with Gasteiger partial charge in [0.1, 0.15) is 6.04 Å². The molecule has 0 aliphatic carbocycles. The maximum Gasteiger partial charge on any atom is 0.251 e. The van der Waals surface area contributed by atoms with Crippen LogP contribution >= 0.6 is 23.4 Å². The summed E-state index contributed by atoms with van der Waals surface area (Å²) in [7, 11) is 0. The highest BCUT2D eigenvalue weighted by molar-refractivity contribution is 7.99. The number of halogens is 1. The fourth-order valence-corrected chi connectivity index (χ4v) is 3.52. The molecule has 0 aromatic heterocycles. The molecule has 126 valence electrons. The fourth-order valence-electron chi connectivity index (χ4n) is 2.49. The van der Waals surface area contributed by atoms with Gasteiger partial charge >= 0.3 is 0 Å². The Morgan fingerprint density at radius 2 is 1.87 bits per heavy atom. The molecule has 0 saturated carbocycles. The van der Waals surface area contributed by atoms with Crippen molar-refractivity contribution in [1.82, 2.24) is 10.2 Å². The van der Waals surface area contributed by atoms with Crippen molar-refractivity contribution in [2.45, 2.75) is 26.3 Å². The van der Waals surface area contributed by atoms with Gasteiger partial charge in [0.05, 0.1) is 0 Å². The number of thioether (sulfide) groups is 1. The fraction of sp³-hybridized carbons (Fsp3) is 0.529. The summed E-state index contributed by atoms with van der Waals surface area (Å²) in [5.74, 6) is 1.82. The molecular weight excluding hydrogens is 332 g/mol. The molecule has 2 rings (SSSR count). The zero-order chi connectivity index (χ0) is 16.8. The molecule has 0 radical (unpaired) electrons. The molecule has 1 aliphatic rings. The molecule has 1 N–H and O–H groups in total. The molecule has 4 nitrogen and oxygen atoms in total. The molecule has 0 spiro atoms. The van der Waals surface area contributed by atoms with Gasteiger partial charge in [0, 0.05) is 35.2 Å². The van der Waals surface area contributed by atoms with Crippen molar-refractivity contribution < 1.29 is 9.59 Å². The second-order valence-corrected chi connectivity index (χ2v) is 7.44. The molecule has 2 atom stereocenters. The Labute approximate surface area is 146 Å². The van der Waals surface area contributed by atoms with Crippen molar-refractivity contribution in [2.24, 2.45) is 5.92 Å². The van der Waals surface area contributed by atoms with E-state index < -0.39 is 6.04 Å². The third kappa shape index (κ3) is 4.88. The standard InChI is InChI=1S/C17H23ClN2O2S/c1-3-12(2)15(17(22)20-8-10-23-11-9-20)19-16(21)13-4-6-14(18)7-5-13/h4-7,12,15H,3,8-11H2,1-2H3,(H,19,21). The number of carbonyl (C=O) groups excluding carboxylic acids is 2. The monoisotopic (exact) mass is 354 g/mol. The van der Waals surface area contributed by atoms with Crippen LogP contribution < -0.4 is 5.32 Å². The van der Waals surface area contributed by atoms with E-state index in [-0.39, 0.29) is 17.7 Å². The van der Waals surface area contributed by atoms with Gasteiger partial charge in [-0.1, -0.05) is 31.9 Å². The van der Waals surface area contributed by atoms with Gasteiger partial charge in [-0.3, -0.25) is 9.59 Å². The van der Waals surface area contributed by atoms with Crippen molar-refractivity contribution in [3.8, 4) is 0 Å². The lowest BCUT2D eigenvalue weighted by atomic mass is 9.97. The molecule has 1 saturated heterocycles. The van der Waals surface area contributed by atoms with E-state index in [2.05, 4.69) is 5.32 Å². The van der Waals surface area contributed by atoms with Crippen LogP contribution in [0, 0.1) is 5.92 Å². The van der Waals surface area contributed by atoms with Gasteiger partial charge in [0.15, 0.2) is 0 Å². The summed E-state index contributed by atoms with van der Waals surface area (Å²) >= 11 is 7.71. The summed E-state index contributed by atoms with van der Waals surface area (Å²) in [5.41, 5.74) is 0.518. The van der Waals surface area contributed by atoms with E-state index in [9.17, 15) is 9.59 Å². The van der Waals surface area contributed by atoms with Gasteiger partial charge in [-0.15, -0.1) is 0 Å². The van der Waals surface area contributed by atoms with E-state index in [4.69, 9.17) is 11.6 Å². The van der Waals surface area contributed by atoms with Crippen molar-refractivity contribution in [1.29, 1.82) is 0 Å². The Kier molecular flexibility index (Phi) is 6.78. The van der Waals surface area contributed by atoms with Gasteiger partial charge < -0.3 is 10.2 Å². The molecule has 6 heteroatoms. The van der Waals surface area contributed by atoms with Crippen LogP contribution in [0.3, 0.4) is 0 Å². The predicted octanol–water partition coefficient (Wildman–Crippen LogP) is 3.06. The maximum atomic E-state index is 12.8. The topological polar surface area (TPSA) is 49.4 Å². The Morgan fingerprint density at radius 1 is 1.26 bits per heavy atom. The first-order valence-corrected chi connectivity index (χ1v) is 9.49. The SMILES string of the molecule is CCC(C)C(NC(=O)c1ccc(Cl)cc1)C(=O)N1CCSCC1. The van der Waals surface area contributed by atoms with Crippen LogP contribution in [0.15, 0.2) is 24.3 Å². The van der Waals surface area contributed by atoms with Gasteiger partial charge in [0.2, 0.25) is 5.91 Å². The van der Waals surface area contributed by atoms with Crippen LogP contribution in [-0.4, -0.2) is 47.4 Å². The number of benzene rings is 1. The molecule has 1 aromatic rings. The lowest BCUT2D eigenvalue weighted by molar-refractivity contribution is -0.134. The molecule has 2 unspecified atom stereocenters. The predicted molar refractivity (Wildman–Crippen MR) is 96.1 cm³/mol. The van der Waals surface area contributed by atoms with E-state index in [0.717, 1.165) is 31.0 Å². The number of nitrogens with zero attached hydrogens (tertiary/aromatic N) is 1. The van der Waals surface area contributed by atoms with Crippen LogP contribution in [0.1, 0.15) is 30.6 Å². The van der Waals surface area contributed by atoms with Crippen LogP contribution in [0.25, 0.3) is 0 Å². The van der Waals surface area contributed by atoms with Gasteiger partial charge in [0.25, 0.3) is 5.91 Å². The molecule has 1 aromatic carbocycles. The Bertz CT molecular complexity index is 544. The normalized spacial score (nSPS) is 17.4. The van der Waals surface area contributed by atoms with E-state index in [0.29, 0.717) is 10.6 Å². The van der Waals surface area contributed by atoms with Crippen molar-refractivity contribution >= 4 is 35.2 Å². The largest absolute Gasteiger partial charge is 0.340 e. The van der Waals surface area contributed by atoms with Crippen LogP contribution in [-0.2, 0) is 4.79 Å². The Morgan fingerprint density at radius 3 is 2.43 bits per heavy atom. The number of amides is 2. The van der Waals surface area contributed by atoms with Crippen molar-refractivity contribution in [2.75, 3.05) is 24.6 Å². The summed E-state index contributed by atoms with van der Waals surface area (Å²) in [5, 5.41) is 3.51. The van der Waals surface area contributed by atoms with E-state index in [1.165, 1.54) is 0 Å². The number of hydrogen-bond acceptors (Lipinski definition) is 3. The molecule has 1 aliphatic heterocycles. The minimum Gasteiger partial charge on any atom is -0.340 e. The minimum absolute atomic E-state index is 0.0296. The molecule has 2 amide bonds. The first-order valence-electron chi connectivity index (χ1n) is 7.96. The molecular formula is C17H23ClN2O2S. The zero-order valence-corrected chi connectivity index (χ0v) is 15.1. The lowest BCUT2D eigenvalue weighted by Crippen LogP contribution is -2.53. The molecule has 1 heterocycles. The van der Waals surface area contributed by atoms with Gasteiger partial charge in [-0.05, 0) is 30.2 Å². The first kappa shape index (κ1) is 18.1. The first-order chi connectivity index (χ1) is 11.0. The van der Waals surface area contributed by atoms with Crippen LogP contribution in [0.4, 0.5) is 0 Å².